The molecule has 7 nitrogen and oxygen atoms in total. The monoisotopic (exact) mass is 424 g/mol. The number of nitrogens with one attached hydrogen (secondary N) is 2. The third-order valence-corrected chi connectivity index (χ3v) is 7.68. The predicted molar refractivity (Wildman–Crippen MR) is 121 cm³/mol. The van der Waals surface area contributed by atoms with Gasteiger partial charge >= 0.3 is 0 Å². The first-order valence-electron chi connectivity index (χ1n) is 11.1. The van der Waals surface area contributed by atoms with E-state index in [-0.39, 0.29) is 30.3 Å². The number of hydrogen-bond donors (Lipinski definition) is 2. The number of nitrogens with zero attached hydrogens (tertiary/aromatic N) is 2. The van der Waals surface area contributed by atoms with Gasteiger partial charge < -0.3 is 23.9 Å². The van der Waals surface area contributed by atoms with Crippen LogP contribution < -0.4 is 5.32 Å². The Bertz CT molecular complexity index is 1600. The van der Waals surface area contributed by atoms with Crippen molar-refractivity contribution in [1.82, 2.24) is 14.5 Å². The minimum atomic E-state index is -0.261. The quantitative estimate of drug-likeness (QED) is 0.480. The van der Waals surface area contributed by atoms with Crippen LogP contribution in [0.2, 0.25) is 0 Å². The molecule has 1 fully saturated rings. The molecular weight excluding hydrogens is 404 g/mol. The molecule has 1 aliphatic carbocycles. The number of para-hydroxylation sites is 1. The van der Waals surface area contributed by atoms with Gasteiger partial charge in [0.2, 0.25) is 0 Å². The Morgan fingerprint density at radius 2 is 2.00 bits per heavy atom. The molecule has 2 aromatic carbocycles. The molecule has 4 aliphatic rings. The molecule has 0 saturated carbocycles. The van der Waals surface area contributed by atoms with Gasteiger partial charge in [-0.3, -0.25) is 10.2 Å². The number of ether oxygens (including phenoxy) is 2. The second-order valence-corrected chi connectivity index (χ2v) is 9.08. The second kappa shape index (κ2) is 5.49. The van der Waals surface area contributed by atoms with Crippen molar-refractivity contribution in [2.75, 3.05) is 7.11 Å². The Morgan fingerprint density at radius 1 is 1.16 bits per heavy atom. The molecule has 1 amide bonds. The Hall–Kier alpha value is -3.42. The zero-order chi connectivity index (χ0) is 21.3. The van der Waals surface area contributed by atoms with E-state index in [1.165, 1.54) is 5.69 Å². The van der Waals surface area contributed by atoms with Crippen molar-refractivity contribution in [2.24, 2.45) is 0 Å². The van der Waals surface area contributed by atoms with Crippen molar-refractivity contribution in [2.45, 2.75) is 37.8 Å². The Labute approximate surface area is 182 Å². The first kappa shape index (κ1) is 17.2. The third kappa shape index (κ3) is 1.72. The molecule has 2 bridgehead atoms. The van der Waals surface area contributed by atoms with Crippen LogP contribution in [0.1, 0.15) is 52.5 Å². The lowest BCUT2D eigenvalue weighted by Gasteiger charge is -2.21. The number of rotatable bonds is 1. The number of carbonyl (C=O) groups excluding carboxylic acids is 1. The lowest BCUT2D eigenvalue weighted by Crippen LogP contribution is -2.21. The van der Waals surface area contributed by atoms with Crippen LogP contribution in [-0.4, -0.2) is 34.1 Å². The number of amidine groups is 1. The maximum absolute atomic E-state index is 13.2. The van der Waals surface area contributed by atoms with E-state index >= 15 is 0 Å². The van der Waals surface area contributed by atoms with Crippen molar-refractivity contribution >= 4 is 50.5 Å². The summed E-state index contributed by atoms with van der Waals surface area (Å²) in [6, 6.07) is 8.23. The second-order valence-electron chi connectivity index (χ2n) is 9.08. The molecule has 32 heavy (non-hydrogen) atoms. The van der Waals surface area contributed by atoms with Gasteiger partial charge in [0.15, 0.2) is 6.23 Å². The van der Waals surface area contributed by atoms with Crippen molar-refractivity contribution < 1.29 is 14.3 Å². The lowest BCUT2D eigenvalue weighted by atomic mass is 9.94. The first-order valence-corrected chi connectivity index (χ1v) is 11.1. The van der Waals surface area contributed by atoms with E-state index in [0.29, 0.717) is 11.1 Å². The summed E-state index contributed by atoms with van der Waals surface area (Å²) in [6.07, 6.45) is 6.46. The molecule has 1 unspecified atom stereocenters. The summed E-state index contributed by atoms with van der Waals surface area (Å²) in [6.45, 7) is 0. The average Bonchev–Trinajstić information content (AvgIpc) is 3.50. The Kier molecular flexibility index (Phi) is 2.95. The molecule has 1 saturated heterocycles. The van der Waals surface area contributed by atoms with E-state index in [1.54, 1.807) is 7.11 Å². The van der Waals surface area contributed by atoms with E-state index in [9.17, 15) is 4.79 Å². The SMILES string of the molecule is CO[C@H]1C[C@@H]2OC1n1c3ccccc3c3c4c(c5c6c(n2c5c31)CCC=C6)C(=O)NC4=N. The van der Waals surface area contributed by atoms with Crippen LogP contribution in [-0.2, 0) is 15.9 Å². The van der Waals surface area contributed by atoms with Crippen LogP contribution >= 0.6 is 0 Å². The van der Waals surface area contributed by atoms with Gasteiger partial charge in [-0.1, -0.05) is 30.4 Å². The summed E-state index contributed by atoms with van der Waals surface area (Å²) in [5.41, 5.74) is 6.77. The predicted octanol–water partition coefficient (Wildman–Crippen LogP) is 4.22. The summed E-state index contributed by atoms with van der Waals surface area (Å²) in [5, 5.41) is 14.4. The van der Waals surface area contributed by atoms with Crippen LogP contribution in [0.15, 0.2) is 30.3 Å². The molecule has 2 N–H and O–H groups in total. The smallest absolute Gasteiger partial charge is 0.258 e. The highest BCUT2D eigenvalue weighted by molar-refractivity contribution is 6.38. The standard InChI is InChI=1S/C25H20N4O3/c1-31-15-10-16-28-13-8-4-2-6-11(13)18-20-19(23(26)27-24(20)30)17-12-7-3-5-9-14(12)29(25(15)32-16)22(17)21(18)28/h2-3,5-7,9,15-16,25H,4,8,10H2,1H3,(H2,26,27,30)/t15-,16-,25?/m0/s1. The fourth-order valence-corrected chi connectivity index (χ4v) is 6.52. The fourth-order valence-electron chi connectivity index (χ4n) is 6.52. The number of hydrogen-bond acceptors (Lipinski definition) is 4. The number of allylic oxidation sites excluding steroid dienone is 1. The van der Waals surface area contributed by atoms with E-state index in [1.807, 2.05) is 12.1 Å². The molecule has 7 heteroatoms. The summed E-state index contributed by atoms with van der Waals surface area (Å²) < 4.78 is 17.2. The van der Waals surface area contributed by atoms with Gasteiger partial charge in [-0.05, 0) is 18.9 Å². The van der Waals surface area contributed by atoms with Gasteiger partial charge in [0.25, 0.3) is 5.91 Å². The van der Waals surface area contributed by atoms with Crippen molar-refractivity contribution in [3.8, 4) is 0 Å². The number of aromatic nitrogens is 2. The van der Waals surface area contributed by atoms with Gasteiger partial charge in [0, 0.05) is 46.5 Å². The van der Waals surface area contributed by atoms with Gasteiger partial charge in [0.05, 0.1) is 22.1 Å². The maximum Gasteiger partial charge on any atom is 0.258 e. The number of carbonyl (C=O) groups is 1. The molecule has 3 atom stereocenters. The minimum Gasteiger partial charge on any atom is -0.377 e. The average molecular weight is 424 g/mol. The molecule has 3 aliphatic heterocycles. The molecule has 8 rings (SSSR count). The largest absolute Gasteiger partial charge is 0.377 e. The maximum atomic E-state index is 13.2. The Morgan fingerprint density at radius 3 is 2.88 bits per heavy atom. The number of amides is 1. The van der Waals surface area contributed by atoms with Gasteiger partial charge in [-0.25, -0.2) is 0 Å². The Balaban J connectivity index is 1.74. The highest BCUT2D eigenvalue weighted by atomic mass is 16.6. The van der Waals surface area contributed by atoms with Crippen LogP contribution in [0, 0.1) is 5.41 Å². The van der Waals surface area contributed by atoms with E-state index in [2.05, 4.69) is 38.7 Å². The topological polar surface area (TPSA) is 81.3 Å². The number of fused-ring (bicyclic) bond motifs is 13. The zero-order valence-corrected chi connectivity index (χ0v) is 17.4. The van der Waals surface area contributed by atoms with Crippen LogP contribution in [0.5, 0.6) is 0 Å². The van der Waals surface area contributed by atoms with E-state index in [0.717, 1.165) is 57.5 Å². The van der Waals surface area contributed by atoms with Crippen molar-refractivity contribution in [3.63, 3.8) is 0 Å². The summed E-state index contributed by atoms with van der Waals surface area (Å²) in [7, 11) is 1.75. The molecule has 5 heterocycles. The fraction of sp³-hybridized carbons (Fsp3) is 0.280. The van der Waals surface area contributed by atoms with Crippen LogP contribution in [0.25, 0.3) is 38.8 Å². The molecule has 0 radical (unpaired) electrons. The van der Waals surface area contributed by atoms with Crippen LogP contribution in [0.4, 0.5) is 0 Å². The third-order valence-electron chi connectivity index (χ3n) is 7.68. The summed E-state index contributed by atoms with van der Waals surface area (Å²) in [5.74, 6) is -0.0116. The molecule has 2 aromatic heterocycles. The van der Waals surface area contributed by atoms with Crippen LogP contribution in [0.3, 0.4) is 0 Å². The normalized spacial score (nSPS) is 25.2. The molecule has 158 valence electrons. The highest BCUT2D eigenvalue weighted by Crippen LogP contribution is 2.53. The number of benzene rings is 2. The minimum absolute atomic E-state index is 0.0770. The lowest BCUT2D eigenvalue weighted by molar-refractivity contribution is -0.0613. The molecular formula is C25H20N4O3. The van der Waals surface area contributed by atoms with E-state index in [4.69, 9.17) is 14.9 Å². The summed E-state index contributed by atoms with van der Waals surface area (Å²) in [4.78, 5) is 13.2. The summed E-state index contributed by atoms with van der Waals surface area (Å²) >= 11 is 0. The number of methoxy groups -OCH3 is 1. The van der Waals surface area contributed by atoms with Gasteiger partial charge in [-0.2, -0.15) is 0 Å². The van der Waals surface area contributed by atoms with E-state index < -0.39 is 0 Å². The molecule has 0 spiro atoms. The van der Waals surface area contributed by atoms with Crippen molar-refractivity contribution in [3.05, 3.63) is 52.7 Å². The van der Waals surface area contributed by atoms with Gasteiger partial charge in [-0.15, -0.1) is 0 Å². The highest BCUT2D eigenvalue weighted by Gasteiger charge is 2.46. The zero-order valence-electron chi connectivity index (χ0n) is 17.4. The first-order chi connectivity index (χ1) is 15.7. The molecule has 4 aromatic rings. The van der Waals surface area contributed by atoms with Gasteiger partial charge in [0.1, 0.15) is 18.2 Å². The van der Waals surface area contributed by atoms with Crippen molar-refractivity contribution in [1.29, 1.82) is 5.41 Å².